The number of aliphatic hydroxyl groups is 1. The normalized spacial score (nSPS) is 17.2. The molecule has 0 radical (unpaired) electrons. The molecule has 3 aromatic carbocycles. The van der Waals surface area contributed by atoms with E-state index in [0.29, 0.717) is 34.2 Å². The van der Waals surface area contributed by atoms with E-state index < -0.39 is 17.7 Å². The van der Waals surface area contributed by atoms with Gasteiger partial charge >= 0.3 is 0 Å². The van der Waals surface area contributed by atoms with Crippen LogP contribution in [0.3, 0.4) is 0 Å². The van der Waals surface area contributed by atoms with Crippen LogP contribution >= 0.6 is 11.6 Å². The highest BCUT2D eigenvalue weighted by molar-refractivity contribution is 6.51. The van der Waals surface area contributed by atoms with Crippen molar-refractivity contribution in [3.63, 3.8) is 0 Å². The summed E-state index contributed by atoms with van der Waals surface area (Å²) in [6.07, 6.45) is 0. The van der Waals surface area contributed by atoms with Gasteiger partial charge < -0.3 is 14.7 Å². The van der Waals surface area contributed by atoms with Crippen LogP contribution in [0.5, 0.6) is 5.75 Å². The van der Waals surface area contributed by atoms with Crippen molar-refractivity contribution in [2.75, 3.05) is 30.5 Å². The second-order valence-corrected chi connectivity index (χ2v) is 8.48. The number of halogens is 1. The van der Waals surface area contributed by atoms with Crippen LogP contribution in [-0.4, -0.2) is 37.5 Å². The Bertz CT molecular complexity index is 1250. The van der Waals surface area contributed by atoms with E-state index in [9.17, 15) is 14.7 Å². The van der Waals surface area contributed by atoms with E-state index in [1.165, 1.54) is 4.90 Å². The summed E-state index contributed by atoms with van der Waals surface area (Å²) in [7, 11) is 3.85. The molecule has 0 saturated carbocycles. The first kappa shape index (κ1) is 23.4. The van der Waals surface area contributed by atoms with Crippen LogP contribution in [0.25, 0.3) is 5.76 Å². The molecule has 1 aliphatic rings. The van der Waals surface area contributed by atoms with E-state index in [4.69, 9.17) is 16.3 Å². The lowest BCUT2D eigenvalue weighted by molar-refractivity contribution is -0.132. The van der Waals surface area contributed by atoms with Gasteiger partial charge in [0.05, 0.1) is 23.2 Å². The molecule has 1 saturated heterocycles. The number of Topliss-reactive ketones (excluding diaryl/α,β-unsaturated/α-hetero) is 1. The molecule has 1 unspecified atom stereocenters. The number of aliphatic hydroxyl groups excluding tert-OH is 1. The van der Waals surface area contributed by atoms with Crippen molar-refractivity contribution in [1.82, 2.24) is 0 Å². The highest BCUT2D eigenvalue weighted by atomic mass is 35.5. The summed E-state index contributed by atoms with van der Waals surface area (Å²) in [6, 6.07) is 20.5. The van der Waals surface area contributed by atoms with Gasteiger partial charge in [0.15, 0.2) is 0 Å². The molecular weight excluding hydrogens is 452 g/mol. The Balaban J connectivity index is 1.89. The van der Waals surface area contributed by atoms with Gasteiger partial charge in [-0.15, -0.1) is 0 Å². The highest BCUT2D eigenvalue weighted by Gasteiger charge is 2.46. The quantitative estimate of drug-likeness (QED) is 0.292. The number of ketones is 1. The molecule has 1 heterocycles. The maximum Gasteiger partial charge on any atom is 0.300 e. The molecule has 6 nitrogen and oxygen atoms in total. The van der Waals surface area contributed by atoms with Crippen molar-refractivity contribution in [3.8, 4) is 5.75 Å². The fraction of sp³-hybridized carbons (Fsp3) is 0.185. The molecule has 1 N–H and O–H groups in total. The van der Waals surface area contributed by atoms with Gasteiger partial charge in [-0.1, -0.05) is 41.9 Å². The number of hydrogen-bond acceptors (Lipinski definition) is 5. The highest BCUT2D eigenvalue weighted by Crippen LogP contribution is 2.43. The first-order valence-corrected chi connectivity index (χ1v) is 11.3. The molecular formula is C27H25ClN2O4. The molecule has 34 heavy (non-hydrogen) atoms. The maximum absolute atomic E-state index is 13.3. The van der Waals surface area contributed by atoms with Gasteiger partial charge in [0.25, 0.3) is 11.7 Å². The third kappa shape index (κ3) is 4.24. The van der Waals surface area contributed by atoms with Crippen molar-refractivity contribution < 1.29 is 19.4 Å². The van der Waals surface area contributed by atoms with Crippen LogP contribution in [-0.2, 0) is 9.59 Å². The molecule has 4 rings (SSSR count). The zero-order valence-corrected chi connectivity index (χ0v) is 19.9. The Morgan fingerprint density at radius 2 is 1.71 bits per heavy atom. The first-order valence-electron chi connectivity index (χ1n) is 10.9. The first-order chi connectivity index (χ1) is 16.3. The second-order valence-electron chi connectivity index (χ2n) is 8.07. The fourth-order valence-electron chi connectivity index (χ4n) is 4.03. The van der Waals surface area contributed by atoms with Gasteiger partial charge in [0.1, 0.15) is 11.5 Å². The van der Waals surface area contributed by atoms with Crippen molar-refractivity contribution in [2.24, 2.45) is 0 Å². The summed E-state index contributed by atoms with van der Waals surface area (Å²) < 4.78 is 5.54. The fourth-order valence-corrected chi connectivity index (χ4v) is 4.21. The molecule has 0 aromatic heterocycles. The minimum atomic E-state index is -0.794. The lowest BCUT2D eigenvalue weighted by Gasteiger charge is -2.26. The third-order valence-corrected chi connectivity index (χ3v) is 6.02. The summed E-state index contributed by atoms with van der Waals surface area (Å²) >= 11 is 6.20. The zero-order valence-electron chi connectivity index (χ0n) is 19.2. The second kappa shape index (κ2) is 9.61. The monoisotopic (exact) mass is 476 g/mol. The van der Waals surface area contributed by atoms with E-state index in [0.717, 1.165) is 5.69 Å². The predicted molar refractivity (Wildman–Crippen MR) is 135 cm³/mol. The van der Waals surface area contributed by atoms with Crippen molar-refractivity contribution in [1.29, 1.82) is 0 Å². The van der Waals surface area contributed by atoms with E-state index in [2.05, 4.69) is 0 Å². The molecule has 7 heteroatoms. The summed E-state index contributed by atoms with van der Waals surface area (Å²) in [5.41, 5.74) is 2.58. The maximum atomic E-state index is 13.3. The van der Waals surface area contributed by atoms with Crippen LogP contribution in [0.15, 0.2) is 78.4 Å². The third-order valence-electron chi connectivity index (χ3n) is 5.71. The average Bonchev–Trinajstić information content (AvgIpc) is 3.11. The summed E-state index contributed by atoms with van der Waals surface area (Å²) in [5.74, 6) is -1.35. The van der Waals surface area contributed by atoms with Crippen LogP contribution in [0.2, 0.25) is 5.02 Å². The van der Waals surface area contributed by atoms with Crippen molar-refractivity contribution >= 4 is 40.4 Å². The molecule has 0 aliphatic carbocycles. The number of anilines is 2. The van der Waals surface area contributed by atoms with Gasteiger partial charge in [-0.3, -0.25) is 14.5 Å². The molecule has 0 bridgehead atoms. The van der Waals surface area contributed by atoms with Gasteiger partial charge in [0, 0.05) is 31.0 Å². The van der Waals surface area contributed by atoms with Crippen LogP contribution in [0.4, 0.5) is 11.4 Å². The minimum absolute atomic E-state index is 0.0117. The van der Waals surface area contributed by atoms with Crippen LogP contribution in [0, 0.1) is 0 Å². The van der Waals surface area contributed by atoms with Crippen LogP contribution in [0.1, 0.15) is 24.1 Å². The van der Waals surface area contributed by atoms with E-state index in [1.807, 2.05) is 68.4 Å². The van der Waals surface area contributed by atoms with E-state index in [1.54, 1.807) is 30.3 Å². The number of carbonyl (C=O) groups excluding carboxylic acids is 2. The van der Waals surface area contributed by atoms with Gasteiger partial charge in [0.2, 0.25) is 0 Å². The summed E-state index contributed by atoms with van der Waals surface area (Å²) in [4.78, 5) is 29.9. The standard InChI is InChI=1S/C27H25ClN2O4/c1-4-34-22-16-18(10-15-21(22)28)25(31)23-24(17-8-6-5-7-9-17)30(27(33)26(23)32)20-13-11-19(12-14-20)29(2)3/h5-16,24,31H,4H2,1-3H3/b25-23-. The molecule has 1 atom stereocenters. The molecule has 174 valence electrons. The largest absolute Gasteiger partial charge is 0.507 e. The molecule has 0 spiro atoms. The Kier molecular flexibility index (Phi) is 6.61. The number of hydrogen-bond donors (Lipinski definition) is 1. The van der Waals surface area contributed by atoms with Gasteiger partial charge in [-0.25, -0.2) is 0 Å². The smallest absolute Gasteiger partial charge is 0.300 e. The van der Waals surface area contributed by atoms with E-state index in [-0.39, 0.29) is 11.3 Å². The Hall–Kier alpha value is -3.77. The molecule has 1 fully saturated rings. The molecule has 1 amide bonds. The Morgan fingerprint density at radius 3 is 2.32 bits per heavy atom. The number of benzene rings is 3. The Labute approximate surface area is 203 Å². The molecule has 3 aromatic rings. The number of amides is 1. The predicted octanol–water partition coefficient (Wildman–Crippen LogP) is 5.43. The zero-order chi connectivity index (χ0) is 24.4. The van der Waals surface area contributed by atoms with Crippen LogP contribution < -0.4 is 14.5 Å². The van der Waals surface area contributed by atoms with Crippen molar-refractivity contribution in [2.45, 2.75) is 13.0 Å². The molecule has 1 aliphatic heterocycles. The van der Waals surface area contributed by atoms with Gasteiger partial charge in [-0.2, -0.15) is 0 Å². The topological polar surface area (TPSA) is 70.1 Å². The van der Waals surface area contributed by atoms with Gasteiger partial charge in [-0.05, 0) is 55.0 Å². The number of ether oxygens (including phenoxy) is 1. The minimum Gasteiger partial charge on any atom is -0.507 e. The lowest BCUT2D eigenvalue weighted by Crippen LogP contribution is -2.29. The van der Waals surface area contributed by atoms with E-state index >= 15 is 0 Å². The summed E-state index contributed by atoms with van der Waals surface area (Å²) in [5, 5.41) is 11.7. The Morgan fingerprint density at radius 1 is 1.03 bits per heavy atom. The number of carbonyl (C=O) groups is 2. The van der Waals surface area contributed by atoms with Crippen molar-refractivity contribution in [3.05, 3.63) is 94.5 Å². The SMILES string of the molecule is CCOc1cc(/C(O)=C2/C(=O)C(=O)N(c3ccc(N(C)C)cc3)C2c2ccccc2)ccc1Cl. The summed E-state index contributed by atoms with van der Waals surface area (Å²) in [6.45, 7) is 2.21. The average molecular weight is 477 g/mol. The number of rotatable bonds is 6. The number of nitrogens with zero attached hydrogens (tertiary/aromatic N) is 2. The lowest BCUT2D eigenvalue weighted by atomic mass is 9.95.